The van der Waals surface area contributed by atoms with Gasteiger partial charge in [0.25, 0.3) is 0 Å². The maximum absolute atomic E-state index is 15.2. The number of hydrogen-bond acceptors (Lipinski definition) is 0. The van der Waals surface area contributed by atoms with Gasteiger partial charge in [0.2, 0.25) is 0 Å². The first-order valence-electron chi connectivity index (χ1n) is 14.6. The molecule has 1 aliphatic carbocycles. The molecule has 0 bridgehead atoms. The summed E-state index contributed by atoms with van der Waals surface area (Å²) in [5.74, 6) is 7.67. The van der Waals surface area contributed by atoms with Gasteiger partial charge in [-0.05, 0) is 92.0 Å². The van der Waals surface area contributed by atoms with E-state index in [1.54, 1.807) is 0 Å². The van der Waals surface area contributed by atoms with Gasteiger partial charge in [-0.2, -0.15) is 0 Å². The van der Waals surface area contributed by atoms with Crippen LogP contribution in [0, 0.1) is 23.6 Å². The summed E-state index contributed by atoms with van der Waals surface area (Å²) in [4.78, 5) is 0. The molecule has 1 saturated carbocycles. The smallest absolute Gasteiger partial charge is 0.146 e. The zero-order chi connectivity index (χ0) is 25.9. The fourth-order valence-corrected chi connectivity index (χ4v) is 5.81. The van der Waals surface area contributed by atoms with Crippen molar-refractivity contribution in [3.05, 3.63) is 94.8 Å². The second-order valence-electron chi connectivity index (χ2n) is 10.9. The summed E-state index contributed by atoms with van der Waals surface area (Å²) >= 11 is 0. The van der Waals surface area contributed by atoms with Gasteiger partial charge in [-0.15, -0.1) is 0 Å². The summed E-state index contributed by atoms with van der Waals surface area (Å²) in [6, 6.07) is 18.5. The van der Waals surface area contributed by atoms with Crippen LogP contribution in [0.4, 0.5) is 4.39 Å². The van der Waals surface area contributed by atoms with Gasteiger partial charge in [0.1, 0.15) is 5.82 Å². The Balaban J connectivity index is 1.33. The molecular formula is C36H43F. The first-order valence-corrected chi connectivity index (χ1v) is 14.6. The summed E-state index contributed by atoms with van der Waals surface area (Å²) < 4.78 is 15.2. The van der Waals surface area contributed by atoms with E-state index in [1.165, 1.54) is 75.3 Å². The van der Waals surface area contributed by atoms with Gasteiger partial charge < -0.3 is 0 Å². The van der Waals surface area contributed by atoms with E-state index in [-0.39, 0.29) is 5.82 Å². The van der Waals surface area contributed by atoms with Crippen molar-refractivity contribution in [2.75, 3.05) is 0 Å². The highest BCUT2D eigenvalue weighted by atomic mass is 19.1. The van der Waals surface area contributed by atoms with Crippen molar-refractivity contribution < 1.29 is 4.39 Å². The van der Waals surface area contributed by atoms with Crippen molar-refractivity contribution in [2.24, 2.45) is 5.92 Å². The molecule has 3 aromatic carbocycles. The average Bonchev–Trinajstić information content (AvgIpc) is 2.93. The number of unbranched alkanes of at least 4 members (excludes halogenated alkanes) is 4. The Morgan fingerprint density at radius 3 is 2.41 bits per heavy atom. The Hall–Kier alpha value is -2.85. The van der Waals surface area contributed by atoms with Crippen LogP contribution in [0.1, 0.15) is 113 Å². The van der Waals surface area contributed by atoms with Crippen molar-refractivity contribution >= 4 is 10.8 Å². The molecule has 0 saturated heterocycles. The van der Waals surface area contributed by atoms with Crippen LogP contribution in [0.2, 0.25) is 0 Å². The monoisotopic (exact) mass is 494 g/mol. The quantitative estimate of drug-likeness (QED) is 0.149. The minimum Gasteiger partial charge on any atom is -0.205 e. The molecule has 1 heteroatoms. The maximum Gasteiger partial charge on any atom is 0.146 e. The number of benzene rings is 3. The molecule has 0 N–H and O–H groups in total. The van der Waals surface area contributed by atoms with Crippen molar-refractivity contribution in [1.29, 1.82) is 0 Å². The van der Waals surface area contributed by atoms with Crippen LogP contribution < -0.4 is 0 Å². The molecule has 1 aliphatic rings. The zero-order valence-corrected chi connectivity index (χ0v) is 22.9. The van der Waals surface area contributed by atoms with Crippen LogP contribution in [0.25, 0.3) is 10.8 Å². The van der Waals surface area contributed by atoms with Crippen LogP contribution >= 0.6 is 0 Å². The lowest BCUT2D eigenvalue weighted by atomic mass is 9.77. The molecule has 0 spiro atoms. The van der Waals surface area contributed by atoms with Gasteiger partial charge in [0.15, 0.2) is 0 Å². The lowest BCUT2D eigenvalue weighted by Crippen LogP contribution is -2.13. The van der Waals surface area contributed by atoms with Crippen molar-refractivity contribution in [1.82, 2.24) is 0 Å². The van der Waals surface area contributed by atoms with Crippen molar-refractivity contribution in [3.63, 3.8) is 0 Å². The third-order valence-electron chi connectivity index (χ3n) is 8.14. The molecule has 0 nitrogen and oxygen atoms in total. The SMILES string of the molecule is C/C=C/CCc1ccc2c(F)c(C#Cc3ccc(C4CCC(CCCCCCC)CC4)cc3)ccc2c1. The van der Waals surface area contributed by atoms with Gasteiger partial charge in [-0.3, -0.25) is 0 Å². The molecule has 194 valence electrons. The lowest BCUT2D eigenvalue weighted by Gasteiger charge is -2.29. The molecule has 0 unspecified atom stereocenters. The Kier molecular flexibility index (Phi) is 10.4. The van der Waals surface area contributed by atoms with Crippen molar-refractivity contribution in [2.45, 2.75) is 96.8 Å². The fraction of sp³-hybridized carbons (Fsp3) is 0.444. The normalized spacial score (nSPS) is 17.7. The van der Waals surface area contributed by atoms with E-state index in [0.717, 1.165) is 29.7 Å². The zero-order valence-electron chi connectivity index (χ0n) is 22.9. The van der Waals surface area contributed by atoms with E-state index in [0.29, 0.717) is 16.9 Å². The maximum atomic E-state index is 15.2. The number of halogens is 1. The first-order chi connectivity index (χ1) is 18.2. The molecule has 1 fully saturated rings. The molecule has 37 heavy (non-hydrogen) atoms. The summed E-state index contributed by atoms with van der Waals surface area (Å²) in [7, 11) is 0. The number of aryl methyl sites for hydroxylation is 1. The van der Waals surface area contributed by atoms with Crippen molar-refractivity contribution in [3.8, 4) is 11.8 Å². The second-order valence-corrected chi connectivity index (χ2v) is 10.9. The predicted molar refractivity (Wildman–Crippen MR) is 158 cm³/mol. The predicted octanol–water partition coefficient (Wildman–Crippen LogP) is 10.5. The lowest BCUT2D eigenvalue weighted by molar-refractivity contribution is 0.302. The largest absolute Gasteiger partial charge is 0.205 e. The topological polar surface area (TPSA) is 0 Å². The highest BCUT2D eigenvalue weighted by Gasteiger charge is 2.22. The first kappa shape index (κ1) is 27.2. The van der Waals surface area contributed by atoms with Gasteiger partial charge in [0, 0.05) is 10.9 Å². The number of fused-ring (bicyclic) bond motifs is 1. The highest BCUT2D eigenvalue weighted by Crippen LogP contribution is 2.37. The fourth-order valence-electron chi connectivity index (χ4n) is 5.81. The van der Waals surface area contributed by atoms with Crippen LogP contribution in [0.5, 0.6) is 0 Å². The standard InChI is InChI=1S/C36H43F/c1-3-5-7-8-10-11-28-13-19-31(20-14-28)32-21-15-29(16-22-32)17-23-33-24-25-34-27-30(12-9-6-4-2)18-26-35(34)36(33)37/h4,6,15-16,18,21-22,24-28,31H,3,5,7-14,19-20H2,1-2H3/b6-4+. The third-order valence-corrected chi connectivity index (χ3v) is 8.14. The second kappa shape index (κ2) is 14.2. The van der Waals surface area contributed by atoms with Crippen LogP contribution in [0.3, 0.4) is 0 Å². The Bertz CT molecular complexity index is 1210. The summed E-state index contributed by atoms with van der Waals surface area (Å²) in [5.41, 5.74) is 4.09. The molecular weight excluding hydrogens is 451 g/mol. The number of rotatable bonds is 10. The Morgan fingerprint density at radius 1 is 0.865 bits per heavy atom. The van der Waals surface area contributed by atoms with E-state index in [9.17, 15) is 0 Å². The van der Waals surface area contributed by atoms with Crippen LogP contribution in [0.15, 0.2) is 66.7 Å². The molecule has 0 aliphatic heterocycles. The molecule has 0 amide bonds. The number of allylic oxidation sites excluding steroid dienone is 2. The van der Waals surface area contributed by atoms with Crippen LogP contribution in [-0.2, 0) is 6.42 Å². The molecule has 0 aromatic heterocycles. The third kappa shape index (κ3) is 7.82. The number of hydrogen-bond donors (Lipinski definition) is 0. The van der Waals surface area contributed by atoms with E-state index in [4.69, 9.17) is 0 Å². The van der Waals surface area contributed by atoms with Gasteiger partial charge in [0.05, 0.1) is 5.56 Å². The van der Waals surface area contributed by atoms with E-state index in [1.807, 2.05) is 31.2 Å². The Labute approximate surface area is 224 Å². The summed E-state index contributed by atoms with van der Waals surface area (Å²) in [6.45, 7) is 4.32. The molecule has 3 aromatic rings. The minimum atomic E-state index is -0.219. The summed E-state index contributed by atoms with van der Waals surface area (Å²) in [5, 5.41) is 1.59. The highest BCUT2D eigenvalue weighted by molar-refractivity contribution is 5.85. The molecule has 0 radical (unpaired) electrons. The van der Waals surface area contributed by atoms with E-state index < -0.39 is 0 Å². The molecule has 0 atom stereocenters. The average molecular weight is 495 g/mol. The minimum absolute atomic E-state index is 0.219. The van der Waals surface area contributed by atoms with Gasteiger partial charge in [-0.1, -0.05) is 106 Å². The Morgan fingerprint density at radius 2 is 1.65 bits per heavy atom. The van der Waals surface area contributed by atoms with Gasteiger partial charge in [-0.25, -0.2) is 4.39 Å². The van der Waals surface area contributed by atoms with Crippen LogP contribution in [-0.4, -0.2) is 0 Å². The van der Waals surface area contributed by atoms with Gasteiger partial charge >= 0.3 is 0 Å². The summed E-state index contributed by atoms with van der Waals surface area (Å²) in [6.07, 6.45) is 20.0. The molecule has 0 heterocycles. The van der Waals surface area contributed by atoms with E-state index >= 15 is 4.39 Å². The molecule has 4 rings (SSSR count). The van der Waals surface area contributed by atoms with E-state index in [2.05, 4.69) is 61.2 Å².